The van der Waals surface area contributed by atoms with Crippen molar-refractivity contribution >= 4 is 23.3 Å². The number of piperidine rings is 1. The van der Waals surface area contributed by atoms with Gasteiger partial charge in [-0.15, -0.1) is 0 Å². The summed E-state index contributed by atoms with van der Waals surface area (Å²) in [6.45, 7) is 3.85. The molecule has 1 aliphatic heterocycles. The first-order chi connectivity index (χ1) is 11.9. The molecular formula is C18H23FN2O4. The molecule has 1 aromatic rings. The molecule has 1 aliphatic rings. The van der Waals surface area contributed by atoms with E-state index in [4.69, 9.17) is 0 Å². The minimum absolute atomic E-state index is 0.119. The number of benzene rings is 1. The van der Waals surface area contributed by atoms with E-state index in [9.17, 15) is 14.0 Å². The first kappa shape index (κ1) is 18.8. The smallest absolute Gasteiger partial charge is 0.354 e. The molecular weight excluding hydrogens is 327 g/mol. The number of hydrogen-bond donors (Lipinski definition) is 1. The molecule has 0 aromatic heterocycles. The van der Waals surface area contributed by atoms with E-state index in [1.54, 1.807) is 6.07 Å². The van der Waals surface area contributed by atoms with E-state index < -0.39 is 17.8 Å². The molecule has 1 heterocycles. The summed E-state index contributed by atoms with van der Waals surface area (Å²) in [5.41, 5.74) is 1.05. The molecule has 0 saturated carbocycles. The van der Waals surface area contributed by atoms with E-state index in [2.05, 4.69) is 26.6 Å². The van der Waals surface area contributed by atoms with Crippen molar-refractivity contribution in [2.75, 3.05) is 37.5 Å². The Morgan fingerprint density at radius 2 is 2.08 bits per heavy atom. The number of rotatable bonds is 5. The van der Waals surface area contributed by atoms with Gasteiger partial charge in [0.15, 0.2) is 0 Å². The number of hydrogen-bond acceptors (Lipinski definition) is 6. The molecule has 25 heavy (non-hydrogen) atoms. The van der Waals surface area contributed by atoms with Crippen LogP contribution in [0.1, 0.15) is 19.8 Å². The molecule has 1 unspecified atom stereocenters. The number of carbonyl (C=O) groups excluding carboxylic acids is 2. The van der Waals surface area contributed by atoms with Crippen molar-refractivity contribution in [3.05, 3.63) is 35.8 Å². The molecule has 0 bridgehead atoms. The predicted molar refractivity (Wildman–Crippen MR) is 92.7 cm³/mol. The largest absolute Gasteiger partial charge is 0.466 e. The highest BCUT2D eigenvalue weighted by Gasteiger charge is 2.21. The van der Waals surface area contributed by atoms with Gasteiger partial charge in [0.2, 0.25) is 0 Å². The standard InChI is InChI=1S/C18H23FN2O4/c1-12-5-4-8-21(11-12)16-7-6-13(19)9-14(16)20-15(18(23)25-3)10-17(22)24-2/h6-7,9-10,12,20H,4-5,8,11H2,1-3H3/b15-10+. The number of methoxy groups -OCH3 is 2. The summed E-state index contributed by atoms with van der Waals surface area (Å²) in [6.07, 6.45) is 3.18. The van der Waals surface area contributed by atoms with Gasteiger partial charge in [-0.2, -0.15) is 0 Å². The van der Waals surface area contributed by atoms with Gasteiger partial charge in [-0.25, -0.2) is 14.0 Å². The maximum Gasteiger partial charge on any atom is 0.354 e. The minimum atomic E-state index is -0.743. The van der Waals surface area contributed by atoms with E-state index >= 15 is 0 Å². The van der Waals surface area contributed by atoms with Crippen molar-refractivity contribution in [2.24, 2.45) is 5.92 Å². The summed E-state index contributed by atoms with van der Waals surface area (Å²) in [4.78, 5) is 25.6. The van der Waals surface area contributed by atoms with E-state index in [0.717, 1.165) is 37.7 Å². The van der Waals surface area contributed by atoms with Crippen molar-refractivity contribution < 1.29 is 23.5 Å². The van der Waals surface area contributed by atoms with Crippen LogP contribution < -0.4 is 10.2 Å². The van der Waals surface area contributed by atoms with Crippen molar-refractivity contribution in [2.45, 2.75) is 19.8 Å². The first-order valence-corrected chi connectivity index (χ1v) is 8.14. The van der Waals surface area contributed by atoms with Gasteiger partial charge in [-0.1, -0.05) is 6.92 Å². The summed E-state index contributed by atoms with van der Waals surface area (Å²) in [6, 6.07) is 4.34. The third-order valence-corrected chi connectivity index (χ3v) is 4.09. The van der Waals surface area contributed by atoms with Gasteiger partial charge in [0.05, 0.1) is 31.7 Å². The predicted octanol–water partition coefficient (Wildman–Crippen LogP) is 2.70. The molecule has 0 spiro atoms. The van der Waals surface area contributed by atoms with Crippen LogP contribution in [-0.4, -0.2) is 39.2 Å². The lowest BCUT2D eigenvalue weighted by Gasteiger charge is -2.34. The van der Waals surface area contributed by atoms with Crippen molar-refractivity contribution in [1.82, 2.24) is 0 Å². The Morgan fingerprint density at radius 3 is 2.72 bits per heavy atom. The monoisotopic (exact) mass is 350 g/mol. The topological polar surface area (TPSA) is 67.9 Å². The second-order valence-corrected chi connectivity index (χ2v) is 6.05. The second-order valence-electron chi connectivity index (χ2n) is 6.05. The Hall–Kier alpha value is -2.57. The SMILES string of the molecule is COC(=O)/C=C(/Nc1cc(F)ccc1N1CCCC(C)C1)C(=O)OC. The third kappa shape index (κ3) is 4.95. The fourth-order valence-electron chi connectivity index (χ4n) is 2.87. The summed E-state index contributed by atoms with van der Waals surface area (Å²) < 4.78 is 23.0. The van der Waals surface area contributed by atoms with Crippen LogP contribution in [0.2, 0.25) is 0 Å². The van der Waals surface area contributed by atoms with Gasteiger partial charge in [-0.05, 0) is 37.0 Å². The zero-order valence-electron chi connectivity index (χ0n) is 14.7. The van der Waals surface area contributed by atoms with Crippen LogP contribution >= 0.6 is 0 Å². The molecule has 2 rings (SSSR count). The first-order valence-electron chi connectivity index (χ1n) is 8.14. The minimum Gasteiger partial charge on any atom is -0.466 e. The van der Waals surface area contributed by atoms with Crippen LogP contribution in [0.4, 0.5) is 15.8 Å². The fourth-order valence-corrected chi connectivity index (χ4v) is 2.87. The summed E-state index contributed by atoms with van der Waals surface area (Å²) in [5.74, 6) is -1.37. The lowest BCUT2D eigenvalue weighted by molar-refractivity contribution is -0.138. The van der Waals surface area contributed by atoms with E-state index in [-0.39, 0.29) is 5.70 Å². The van der Waals surface area contributed by atoms with Gasteiger partial charge in [0, 0.05) is 13.1 Å². The second kappa shape index (κ2) is 8.50. The Labute approximate surface area is 146 Å². The molecule has 136 valence electrons. The van der Waals surface area contributed by atoms with Gasteiger partial charge >= 0.3 is 11.9 Å². The highest BCUT2D eigenvalue weighted by atomic mass is 19.1. The highest BCUT2D eigenvalue weighted by molar-refractivity contribution is 5.99. The van der Waals surface area contributed by atoms with E-state index in [0.29, 0.717) is 11.6 Å². The Bertz CT molecular complexity index is 675. The lowest BCUT2D eigenvalue weighted by atomic mass is 9.99. The van der Waals surface area contributed by atoms with Crippen molar-refractivity contribution in [1.29, 1.82) is 0 Å². The molecule has 7 heteroatoms. The Balaban J connectivity index is 2.35. The number of halogens is 1. The zero-order valence-corrected chi connectivity index (χ0v) is 14.7. The number of carbonyl (C=O) groups is 2. The summed E-state index contributed by atoms with van der Waals surface area (Å²) in [7, 11) is 2.41. The van der Waals surface area contributed by atoms with Crippen molar-refractivity contribution in [3.8, 4) is 0 Å². The van der Waals surface area contributed by atoms with Crippen molar-refractivity contribution in [3.63, 3.8) is 0 Å². The van der Waals surface area contributed by atoms with Crippen LogP contribution in [0, 0.1) is 11.7 Å². The molecule has 0 amide bonds. The number of nitrogens with zero attached hydrogens (tertiary/aromatic N) is 1. The van der Waals surface area contributed by atoms with Gasteiger partial charge in [-0.3, -0.25) is 0 Å². The van der Waals surface area contributed by atoms with Crippen LogP contribution in [0.25, 0.3) is 0 Å². The summed E-state index contributed by atoms with van der Waals surface area (Å²) >= 11 is 0. The number of esters is 2. The lowest BCUT2D eigenvalue weighted by Crippen LogP contribution is -2.34. The van der Waals surface area contributed by atoms with Gasteiger partial charge < -0.3 is 19.7 Å². The molecule has 1 aromatic carbocycles. The Morgan fingerprint density at radius 1 is 1.32 bits per heavy atom. The van der Waals surface area contributed by atoms with Gasteiger partial charge in [0.1, 0.15) is 11.5 Å². The molecule has 1 N–H and O–H groups in total. The third-order valence-electron chi connectivity index (χ3n) is 4.09. The fraction of sp³-hybridized carbons (Fsp3) is 0.444. The Kier molecular flexibility index (Phi) is 6.38. The van der Waals surface area contributed by atoms with Crippen LogP contribution in [-0.2, 0) is 19.1 Å². The van der Waals surface area contributed by atoms with Crippen LogP contribution in [0.5, 0.6) is 0 Å². The average Bonchev–Trinajstić information content (AvgIpc) is 2.60. The number of anilines is 2. The van der Waals surface area contributed by atoms with E-state index in [1.807, 2.05) is 0 Å². The normalized spacial score (nSPS) is 17.8. The van der Waals surface area contributed by atoms with Crippen LogP contribution in [0.15, 0.2) is 30.0 Å². The molecule has 1 saturated heterocycles. The van der Waals surface area contributed by atoms with Crippen LogP contribution in [0.3, 0.4) is 0 Å². The molecule has 1 fully saturated rings. The molecule has 1 atom stereocenters. The van der Waals surface area contributed by atoms with E-state index in [1.165, 1.54) is 26.4 Å². The average molecular weight is 350 g/mol. The molecule has 6 nitrogen and oxygen atoms in total. The number of ether oxygens (including phenoxy) is 2. The molecule has 0 radical (unpaired) electrons. The maximum atomic E-state index is 13.8. The highest BCUT2D eigenvalue weighted by Crippen LogP contribution is 2.31. The summed E-state index contributed by atoms with van der Waals surface area (Å²) in [5, 5.41) is 2.82. The molecule has 0 aliphatic carbocycles. The quantitative estimate of drug-likeness (QED) is 0.650. The zero-order chi connectivity index (χ0) is 18.4. The number of nitrogens with one attached hydrogen (secondary N) is 1. The van der Waals surface area contributed by atoms with Gasteiger partial charge in [0.25, 0.3) is 0 Å². The maximum absolute atomic E-state index is 13.8.